The van der Waals surface area contributed by atoms with E-state index in [4.69, 9.17) is 5.73 Å². The number of aromatic nitrogens is 3. The molecule has 2 heterocycles. The summed E-state index contributed by atoms with van der Waals surface area (Å²) in [5, 5.41) is 9.70. The molecular weight excluding hydrogens is 425 g/mol. The van der Waals surface area contributed by atoms with Crippen molar-refractivity contribution in [1.29, 1.82) is 0 Å². The van der Waals surface area contributed by atoms with Gasteiger partial charge >= 0.3 is 6.36 Å². The summed E-state index contributed by atoms with van der Waals surface area (Å²) >= 11 is 0. The second-order valence-corrected chi connectivity index (χ2v) is 7.29. The van der Waals surface area contributed by atoms with Crippen molar-refractivity contribution in [3.8, 4) is 22.9 Å². The number of hydrogen-bond acceptors (Lipinski definition) is 8. The number of nitrogens with two attached hydrogens (primary N) is 1. The molecule has 1 fully saturated rings. The molecule has 1 aliphatic rings. The molecule has 0 spiro atoms. The molecule has 1 aliphatic heterocycles. The molecule has 3 N–H and O–H groups in total. The van der Waals surface area contributed by atoms with Crippen LogP contribution >= 0.6 is 0 Å². The van der Waals surface area contributed by atoms with Gasteiger partial charge in [-0.05, 0) is 18.2 Å². The Morgan fingerprint density at radius 1 is 0.969 bits per heavy atom. The number of nitrogens with zero attached hydrogens (tertiary/aromatic N) is 5. The first kappa shape index (κ1) is 21.6. The number of hydrogen-bond donors (Lipinski definition) is 2. The van der Waals surface area contributed by atoms with Gasteiger partial charge in [0.1, 0.15) is 11.5 Å². The van der Waals surface area contributed by atoms with Crippen molar-refractivity contribution in [3.63, 3.8) is 0 Å². The Balaban J connectivity index is 1.44. The van der Waals surface area contributed by atoms with Crippen LogP contribution in [0.25, 0.3) is 11.4 Å². The lowest BCUT2D eigenvalue weighted by atomic mass is 10.1. The average molecular weight is 446 g/mol. The van der Waals surface area contributed by atoms with E-state index in [-0.39, 0.29) is 17.4 Å². The lowest BCUT2D eigenvalue weighted by Gasteiger charge is -2.35. The number of para-hydroxylation sites is 1. The first-order valence-corrected chi connectivity index (χ1v) is 9.89. The van der Waals surface area contributed by atoms with E-state index in [0.29, 0.717) is 55.6 Å². The first-order valence-electron chi connectivity index (χ1n) is 9.89. The standard InChI is InChI=1S/C21H21F3N6O2/c22-21(23,24)32-17-7-2-1-4-15(17)13-29-8-10-30(11-9-29)20-27-18(26-19(25)28-20)14-5-3-6-16(31)12-14/h1-7,12,31H,8-11,13H2,(H2,25,26,27,28). The van der Waals surface area contributed by atoms with E-state index in [0.717, 1.165) is 0 Å². The van der Waals surface area contributed by atoms with Crippen LogP contribution < -0.4 is 15.4 Å². The largest absolute Gasteiger partial charge is 0.573 e. The number of nitrogen functional groups attached to an aromatic ring is 1. The predicted molar refractivity (Wildman–Crippen MR) is 112 cm³/mol. The van der Waals surface area contributed by atoms with Gasteiger partial charge in [0.2, 0.25) is 11.9 Å². The molecule has 11 heteroatoms. The number of alkyl halides is 3. The Labute approximate surface area is 182 Å². The number of anilines is 2. The van der Waals surface area contributed by atoms with E-state index in [2.05, 4.69) is 19.7 Å². The van der Waals surface area contributed by atoms with E-state index >= 15 is 0 Å². The minimum atomic E-state index is -4.74. The maximum atomic E-state index is 12.7. The van der Waals surface area contributed by atoms with Crippen molar-refractivity contribution in [2.45, 2.75) is 12.9 Å². The molecule has 0 unspecified atom stereocenters. The lowest BCUT2D eigenvalue weighted by molar-refractivity contribution is -0.275. The topological polar surface area (TPSA) is 101 Å². The third kappa shape index (κ3) is 5.35. The molecule has 0 amide bonds. The fourth-order valence-electron chi connectivity index (χ4n) is 3.50. The van der Waals surface area contributed by atoms with Crippen LogP contribution in [0.15, 0.2) is 48.5 Å². The van der Waals surface area contributed by atoms with Crippen molar-refractivity contribution in [2.75, 3.05) is 36.8 Å². The Kier molecular flexibility index (Phi) is 5.99. The Hall–Kier alpha value is -3.60. The highest BCUT2D eigenvalue weighted by molar-refractivity contribution is 5.59. The smallest absolute Gasteiger partial charge is 0.508 e. The van der Waals surface area contributed by atoms with Gasteiger partial charge in [-0.15, -0.1) is 13.2 Å². The summed E-state index contributed by atoms with van der Waals surface area (Å²) in [6.07, 6.45) is -4.74. The molecule has 0 atom stereocenters. The van der Waals surface area contributed by atoms with E-state index in [1.165, 1.54) is 18.2 Å². The Morgan fingerprint density at radius 3 is 2.44 bits per heavy atom. The number of rotatable bonds is 5. The van der Waals surface area contributed by atoms with Crippen LogP contribution in [0.5, 0.6) is 11.5 Å². The van der Waals surface area contributed by atoms with Gasteiger partial charge in [0.15, 0.2) is 5.82 Å². The molecule has 2 aromatic carbocycles. The van der Waals surface area contributed by atoms with Gasteiger partial charge in [0, 0.05) is 43.9 Å². The number of phenols is 1. The molecule has 3 aromatic rings. The maximum Gasteiger partial charge on any atom is 0.573 e. The molecule has 1 saturated heterocycles. The second-order valence-electron chi connectivity index (χ2n) is 7.29. The van der Waals surface area contributed by atoms with Crippen molar-refractivity contribution < 1.29 is 23.0 Å². The van der Waals surface area contributed by atoms with Gasteiger partial charge in [0.25, 0.3) is 0 Å². The highest BCUT2D eigenvalue weighted by Crippen LogP contribution is 2.28. The third-order valence-electron chi connectivity index (χ3n) is 4.99. The van der Waals surface area contributed by atoms with E-state index in [1.54, 1.807) is 30.3 Å². The zero-order valence-corrected chi connectivity index (χ0v) is 17.0. The molecule has 0 bridgehead atoms. The third-order valence-corrected chi connectivity index (χ3v) is 4.99. The minimum absolute atomic E-state index is 0.0639. The molecule has 1 aromatic heterocycles. The lowest BCUT2D eigenvalue weighted by Crippen LogP contribution is -2.46. The maximum absolute atomic E-state index is 12.7. The van der Waals surface area contributed by atoms with Crippen molar-refractivity contribution >= 4 is 11.9 Å². The number of halogens is 3. The summed E-state index contributed by atoms with van der Waals surface area (Å²) in [4.78, 5) is 16.8. The van der Waals surface area contributed by atoms with Crippen LogP contribution in [0.1, 0.15) is 5.56 Å². The monoisotopic (exact) mass is 446 g/mol. The van der Waals surface area contributed by atoms with Crippen molar-refractivity contribution in [3.05, 3.63) is 54.1 Å². The minimum Gasteiger partial charge on any atom is -0.508 e. The van der Waals surface area contributed by atoms with Crippen LogP contribution in [0.4, 0.5) is 25.1 Å². The van der Waals surface area contributed by atoms with Gasteiger partial charge in [-0.25, -0.2) is 0 Å². The molecule has 168 valence electrons. The summed E-state index contributed by atoms with van der Waals surface area (Å²) in [6.45, 7) is 2.63. The molecule has 0 aliphatic carbocycles. The van der Waals surface area contributed by atoms with E-state index in [9.17, 15) is 18.3 Å². The predicted octanol–water partition coefficient (Wildman–Crippen LogP) is 3.05. The van der Waals surface area contributed by atoms with E-state index < -0.39 is 6.36 Å². The van der Waals surface area contributed by atoms with Crippen LogP contribution in [0.3, 0.4) is 0 Å². The van der Waals surface area contributed by atoms with E-state index in [1.807, 2.05) is 9.80 Å². The molecule has 0 radical (unpaired) electrons. The fourth-order valence-corrected chi connectivity index (χ4v) is 3.50. The second kappa shape index (κ2) is 8.87. The molecule has 8 nitrogen and oxygen atoms in total. The summed E-state index contributed by atoms with van der Waals surface area (Å²) in [7, 11) is 0. The molecule has 0 saturated carbocycles. The van der Waals surface area contributed by atoms with Gasteiger partial charge in [0.05, 0.1) is 0 Å². The van der Waals surface area contributed by atoms with Gasteiger partial charge in [-0.1, -0.05) is 30.3 Å². The number of aromatic hydroxyl groups is 1. The zero-order valence-electron chi connectivity index (χ0n) is 17.0. The summed E-state index contributed by atoms with van der Waals surface area (Å²) in [5.41, 5.74) is 6.95. The SMILES string of the molecule is Nc1nc(-c2cccc(O)c2)nc(N2CCN(Cc3ccccc3OC(F)(F)F)CC2)n1. The van der Waals surface area contributed by atoms with Crippen molar-refractivity contribution in [2.24, 2.45) is 0 Å². The summed E-state index contributed by atoms with van der Waals surface area (Å²) < 4.78 is 42.1. The number of benzene rings is 2. The Morgan fingerprint density at radius 2 is 1.72 bits per heavy atom. The highest BCUT2D eigenvalue weighted by Gasteiger charge is 2.32. The average Bonchev–Trinajstić information content (AvgIpc) is 2.74. The number of piperazine rings is 1. The first-order chi connectivity index (χ1) is 15.3. The summed E-state index contributed by atoms with van der Waals surface area (Å²) in [5.74, 6) is 0.726. The quantitative estimate of drug-likeness (QED) is 0.617. The number of phenolic OH excluding ortho intramolecular Hbond substituents is 1. The van der Waals surface area contributed by atoms with Crippen LogP contribution in [-0.2, 0) is 6.54 Å². The van der Waals surface area contributed by atoms with Gasteiger partial charge < -0.3 is 20.5 Å². The molecular formula is C21H21F3N6O2. The number of ether oxygens (including phenoxy) is 1. The van der Waals surface area contributed by atoms with Gasteiger partial charge in [-0.3, -0.25) is 4.90 Å². The van der Waals surface area contributed by atoms with Gasteiger partial charge in [-0.2, -0.15) is 15.0 Å². The normalized spacial score (nSPS) is 15.0. The summed E-state index contributed by atoms with van der Waals surface area (Å²) in [6, 6.07) is 12.7. The highest BCUT2D eigenvalue weighted by atomic mass is 19.4. The van der Waals surface area contributed by atoms with Crippen LogP contribution in [-0.4, -0.2) is 57.5 Å². The molecule has 32 heavy (non-hydrogen) atoms. The fraction of sp³-hybridized carbons (Fsp3) is 0.286. The Bertz CT molecular complexity index is 1090. The molecule has 4 rings (SSSR count). The van der Waals surface area contributed by atoms with Crippen molar-refractivity contribution in [1.82, 2.24) is 19.9 Å². The zero-order chi connectivity index (χ0) is 22.7. The van der Waals surface area contributed by atoms with Crippen LogP contribution in [0.2, 0.25) is 0 Å². The van der Waals surface area contributed by atoms with Crippen LogP contribution in [0, 0.1) is 0 Å².